The third-order valence-corrected chi connectivity index (χ3v) is 3.85. The van der Waals surface area contributed by atoms with Crippen molar-refractivity contribution in [3.63, 3.8) is 0 Å². The number of rotatable bonds is 5. The van der Waals surface area contributed by atoms with Gasteiger partial charge in [0, 0.05) is 0 Å². The minimum absolute atomic E-state index is 0. The zero-order valence-corrected chi connectivity index (χ0v) is 13.2. The van der Waals surface area contributed by atoms with Crippen molar-refractivity contribution < 1.29 is 13.7 Å². The first kappa shape index (κ1) is 17.4. The van der Waals surface area contributed by atoms with Crippen molar-refractivity contribution in [3.05, 3.63) is 47.4 Å². The predicted octanol–water partition coefficient (Wildman–Crippen LogP) is 1.83. The molecule has 1 saturated carbocycles. The number of aromatic nitrogens is 2. The Balaban J connectivity index is 0.00000192. The van der Waals surface area contributed by atoms with Gasteiger partial charge in [0.1, 0.15) is 5.82 Å². The highest BCUT2D eigenvalue weighted by molar-refractivity contribution is 5.85. The van der Waals surface area contributed by atoms with Crippen molar-refractivity contribution in [2.75, 3.05) is 0 Å². The fourth-order valence-electron chi connectivity index (χ4n) is 2.38. The Hall–Kier alpha value is -1.99. The van der Waals surface area contributed by atoms with E-state index in [-0.39, 0.29) is 37.1 Å². The molecule has 1 aromatic heterocycles. The third kappa shape index (κ3) is 4.05. The molecule has 0 aliphatic heterocycles. The molecule has 8 heteroatoms. The topological polar surface area (TPSA) is 94.0 Å². The molecule has 0 unspecified atom stereocenters. The lowest BCUT2D eigenvalue weighted by Gasteiger charge is -2.34. The molecule has 0 spiro atoms. The monoisotopic (exact) mass is 340 g/mol. The summed E-state index contributed by atoms with van der Waals surface area (Å²) in [5.41, 5.74) is 6.23. The first-order valence-electron chi connectivity index (χ1n) is 7.18. The van der Waals surface area contributed by atoms with E-state index in [4.69, 9.17) is 10.3 Å². The molecule has 1 aliphatic rings. The minimum Gasteiger partial charge on any atom is -0.347 e. The molecule has 3 N–H and O–H groups in total. The summed E-state index contributed by atoms with van der Waals surface area (Å²) >= 11 is 0. The van der Waals surface area contributed by atoms with Gasteiger partial charge in [-0.1, -0.05) is 17.3 Å². The van der Waals surface area contributed by atoms with Crippen molar-refractivity contribution in [2.45, 2.75) is 37.8 Å². The number of amides is 1. The fraction of sp³-hybridized carbons (Fsp3) is 0.400. The van der Waals surface area contributed by atoms with Gasteiger partial charge in [-0.2, -0.15) is 4.98 Å². The van der Waals surface area contributed by atoms with Crippen LogP contribution < -0.4 is 11.1 Å². The van der Waals surface area contributed by atoms with Crippen molar-refractivity contribution in [1.29, 1.82) is 0 Å². The molecule has 3 rings (SSSR count). The van der Waals surface area contributed by atoms with Crippen molar-refractivity contribution in [3.8, 4) is 0 Å². The van der Waals surface area contributed by atoms with Crippen LogP contribution in [-0.2, 0) is 23.3 Å². The summed E-state index contributed by atoms with van der Waals surface area (Å²) in [6, 6.07) is 5.94. The predicted molar refractivity (Wildman–Crippen MR) is 83.2 cm³/mol. The smallest absolute Gasteiger partial charge is 0.246 e. The van der Waals surface area contributed by atoms with Gasteiger partial charge in [0.25, 0.3) is 0 Å². The minimum atomic E-state index is -0.479. The molecule has 1 fully saturated rings. The summed E-state index contributed by atoms with van der Waals surface area (Å²) < 4.78 is 18.1. The molecular weight excluding hydrogens is 323 g/mol. The highest BCUT2D eigenvalue weighted by atomic mass is 35.5. The zero-order chi connectivity index (χ0) is 15.6. The lowest BCUT2D eigenvalue weighted by Crippen LogP contribution is -2.44. The molecule has 0 saturated heterocycles. The van der Waals surface area contributed by atoms with Gasteiger partial charge >= 0.3 is 0 Å². The number of hydrogen-bond donors (Lipinski definition) is 2. The molecule has 0 radical (unpaired) electrons. The SMILES string of the molecule is Cl.NC1(c2noc(CNC(=O)Cc3cccc(F)c3)n2)CCC1. The Morgan fingerprint density at radius 2 is 2.22 bits per heavy atom. The molecular formula is C15H18ClFN4O2. The van der Waals surface area contributed by atoms with Crippen LogP contribution in [-0.4, -0.2) is 16.0 Å². The van der Waals surface area contributed by atoms with Crippen molar-refractivity contribution in [1.82, 2.24) is 15.5 Å². The molecule has 124 valence electrons. The van der Waals surface area contributed by atoms with Crippen LogP contribution in [0.5, 0.6) is 0 Å². The molecule has 1 heterocycles. The summed E-state index contributed by atoms with van der Waals surface area (Å²) in [4.78, 5) is 16.0. The first-order valence-corrected chi connectivity index (χ1v) is 7.18. The average Bonchev–Trinajstić information content (AvgIpc) is 2.92. The third-order valence-electron chi connectivity index (χ3n) is 3.85. The van der Waals surface area contributed by atoms with E-state index < -0.39 is 5.54 Å². The van der Waals surface area contributed by atoms with Gasteiger partial charge in [-0.15, -0.1) is 12.4 Å². The summed E-state index contributed by atoms with van der Waals surface area (Å²) in [6.07, 6.45) is 2.85. The number of hydrogen-bond acceptors (Lipinski definition) is 5. The van der Waals surface area contributed by atoms with Gasteiger partial charge in [0.15, 0.2) is 5.82 Å². The maximum absolute atomic E-state index is 13.0. The van der Waals surface area contributed by atoms with E-state index in [0.29, 0.717) is 17.3 Å². The summed E-state index contributed by atoms with van der Waals surface area (Å²) in [7, 11) is 0. The molecule has 23 heavy (non-hydrogen) atoms. The Labute approximate surface area is 139 Å². The highest BCUT2D eigenvalue weighted by Crippen LogP contribution is 2.36. The summed E-state index contributed by atoms with van der Waals surface area (Å²) in [5, 5.41) is 6.54. The molecule has 1 aromatic carbocycles. The average molecular weight is 341 g/mol. The van der Waals surface area contributed by atoms with Gasteiger partial charge < -0.3 is 15.6 Å². The van der Waals surface area contributed by atoms with E-state index in [0.717, 1.165) is 19.3 Å². The number of nitrogens with zero attached hydrogens (tertiary/aromatic N) is 2. The van der Waals surface area contributed by atoms with Crippen molar-refractivity contribution in [2.24, 2.45) is 5.73 Å². The second-order valence-electron chi connectivity index (χ2n) is 5.60. The lowest BCUT2D eigenvalue weighted by atomic mass is 9.77. The van der Waals surface area contributed by atoms with Gasteiger partial charge in [-0.25, -0.2) is 4.39 Å². The van der Waals surface area contributed by atoms with Crippen LogP contribution in [0.15, 0.2) is 28.8 Å². The van der Waals surface area contributed by atoms with Crippen LogP contribution in [0.1, 0.15) is 36.5 Å². The van der Waals surface area contributed by atoms with Gasteiger partial charge in [0.2, 0.25) is 11.8 Å². The molecule has 1 amide bonds. The zero-order valence-electron chi connectivity index (χ0n) is 12.4. The van der Waals surface area contributed by atoms with E-state index in [1.165, 1.54) is 12.1 Å². The van der Waals surface area contributed by atoms with E-state index in [1.54, 1.807) is 12.1 Å². The van der Waals surface area contributed by atoms with E-state index >= 15 is 0 Å². The van der Waals surface area contributed by atoms with E-state index in [2.05, 4.69) is 15.5 Å². The normalized spacial score (nSPS) is 15.4. The number of nitrogens with one attached hydrogen (secondary N) is 1. The maximum Gasteiger partial charge on any atom is 0.246 e. The quantitative estimate of drug-likeness (QED) is 0.866. The Morgan fingerprint density at radius 3 is 2.87 bits per heavy atom. The fourth-order valence-corrected chi connectivity index (χ4v) is 2.38. The Kier molecular flexibility index (Phi) is 5.33. The molecule has 1 aliphatic carbocycles. The van der Waals surface area contributed by atoms with E-state index in [9.17, 15) is 9.18 Å². The Bertz CT molecular complexity index is 688. The molecule has 2 aromatic rings. The summed E-state index contributed by atoms with van der Waals surface area (Å²) in [6.45, 7) is 0.136. The number of carbonyl (C=O) groups is 1. The highest BCUT2D eigenvalue weighted by Gasteiger charge is 2.38. The van der Waals surface area contributed by atoms with Crippen molar-refractivity contribution >= 4 is 18.3 Å². The second-order valence-corrected chi connectivity index (χ2v) is 5.60. The lowest BCUT2D eigenvalue weighted by molar-refractivity contribution is -0.120. The largest absolute Gasteiger partial charge is 0.347 e. The summed E-state index contributed by atoms with van der Waals surface area (Å²) in [5.74, 6) is 0.212. The first-order chi connectivity index (χ1) is 10.5. The van der Waals surface area contributed by atoms with Gasteiger partial charge in [0.05, 0.1) is 18.5 Å². The van der Waals surface area contributed by atoms with Crippen LogP contribution in [0.2, 0.25) is 0 Å². The molecule has 0 atom stereocenters. The number of carbonyl (C=O) groups excluding carboxylic acids is 1. The number of halogens is 2. The van der Waals surface area contributed by atoms with Crippen LogP contribution in [0.25, 0.3) is 0 Å². The standard InChI is InChI=1S/C15H17FN4O2.ClH/c16-11-4-1-3-10(7-11)8-12(21)18-9-13-19-14(20-22-13)15(17)5-2-6-15;/h1,3-4,7H,2,5-6,8-9,17H2,(H,18,21);1H. The Morgan fingerprint density at radius 1 is 1.43 bits per heavy atom. The molecule has 0 bridgehead atoms. The van der Waals surface area contributed by atoms with Gasteiger partial charge in [-0.05, 0) is 37.0 Å². The second kappa shape index (κ2) is 7.06. The number of nitrogens with two attached hydrogens (primary N) is 1. The van der Waals surface area contributed by atoms with Crippen LogP contribution in [0, 0.1) is 5.82 Å². The number of benzene rings is 1. The van der Waals surface area contributed by atoms with Crippen LogP contribution >= 0.6 is 12.4 Å². The van der Waals surface area contributed by atoms with E-state index in [1.807, 2.05) is 0 Å². The molecule has 6 nitrogen and oxygen atoms in total. The maximum atomic E-state index is 13.0. The van der Waals surface area contributed by atoms with Crippen LogP contribution in [0.4, 0.5) is 4.39 Å². The van der Waals surface area contributed by atoms with Gasteiger partial charge in [-0.3, -0.25) is 4.79 Å². The van der Waals surface area contributed by atoms with Crippen LogP contribution in [0.3, 0.4) is 0 Å².